The molecule has 0 saturated carbocycles. The lowest BCUT2D eigenvalue weighted by molar-refractivity contribution is -0.327. The molecule has 0 aromatic heterocycles. The van der Waals surface area contributed by atoms with Crippen molar-refractivity contribution in [2.24, 2.45) is 0 Å². The Kier molecular flexibility index (Phi) is 2.17. The molecule has 0 aromatic carbocycles. The molecule has 5 nitrogen and oxygen atoms in total. The molecule has 66 valence electrons. The second-order valence-electron chi connectivity index (χ2n) is 2.77. The molecule has 0 aromatic rings. The summed E-state index contributed by atoms with van der Waals surface area (Å²) >= 11 is 0. The smallest absolute Gasteiger partial charge is 0.219 e. The van der Waals surface area contributed by atoms with Gasteiger partial charge in [0.05, 0.1) is 6.61 Å². The molecule has 11 heavy (non-hydrogen) atoms. The summed E-state index contributed by atoms with van der Waals surface area (Å²) in [6.07, 6.45) is -3.69. The third-order valence-electron chi connectivity index (χ3n) is 1.92. The van der Waals surface area contributed by atoms with Crippen LogP contribution < -0.4 is 0 Å². The maximum atomic E-state index is 9.10. The van der Waals surface area contributed by atoms with Crippen LogP contribution in [0.4, 0.5) is 0 Å². The second kappa shape index (κ2) is 2.69. The predicted molar refractivity (Wildman–Crippen MR) is 34.6 cm³/mol. The Morgan fingerprint density at radius 1 is 1.36 bits per heavy atom. The molecular weight excluding hydrogens is 152 g/mol. The van der Waals surface area contributed by atoms with Gasteiger partial charge in [-0.1, -0.05) is 0 Å². The number of hydrogen-bond acceptors (Lipinski definition) is 5. The summed E-state index contributed by atoms with van der Waals surface area (Å²) in [7, 11) is 0. The topological polar surface area (TPSA) is 90.2 Å². The normalized spacial score (nSPS) is 43.9. The fourth-order valence-corrected chi connectivity index (χ4v) is 0.980. The molecular formula is C6H12O5. The largest absolute Gasteiger partial charge is 0.388 e. The van der Waals surface area contributed by atoms with Gasteiger partial charge in [0.15, 0.2) is 0 Å². The van der Waals surface area contributed by atoms with Crippen molar-refractivity contribution in [3.8, 4) is 0 Å². The summed E-state index contributed by atoms with van der Waals surface area (Å²) in [5.41, 5.74) is 0. The Morgan fingerprint density at radius 2 is 1.91 bits per heavy atom. The maximum Gasteiger partial charge on any atom is 0.219 e. The molecule has 1 saturated heterocycles. The van der Waals surface area contributed by atoms with Crippen LogP contribution in [0.2, 0.25) is 0 Å². The van der Waals surface area contributed by atoms with E-state index in [1.807, 2.05) is 0 Å². The fraction of sp³-hybridized carbons (Fsp3) is 1.00. The summed E-state index contributed by atoms with van der Waals surface area (Å²) in [5, 5.41) is 36.2. The average Bonchev–Trinajstić information content (AvgIpc) is 1.95. The van der Waals surface area contributed by atoms with E-state index in [9.17, 15) is 0 Å². The van der Waals surface area contributed by atoms with Gasteiger partial charge < -0.3 is 25.2 Å². The molecule has 3 atom stereocenters. The van der Waals surface area contributed by atoms with Crippen LogP contribution in [0.3, 0.4) is 0 Å². The second-order valence-corrected chi connectivity index (χ2v) is 2.77. The van der Waals surface area contributed by atoms with Crippen LogP contribution >= 0.6 is 0 Å². The van der Waals surface area contributed by atoms with Crippen LogP contribution in [0.5, 0.6) is 0 Å². The fourth-order valence-electron chi connectivity index (χ4n) is 0.980. The van der Waals surface area contributed by atoms with Gasteiger partial charge in [0.25, 0.3) is 0 Å². The molecule has 1 fully saturated rings. The van der Waals surface area contributed by atoms with Crippen molar-refractivity contribution in [3.05, 3.63) is 0 Å². The third kappa shape index (κ3) is 1.38. The Hall–Kier alpha value is -0.200. The van der Waals surface area contributed by atoms with Crippen LogP contribution in [-0.4, -0.2) is 51.1 Å². The highest BCUT2D eigenvalue weighted by Gasteiger charge is 2.47. The molecule has 1 aliphatic rings. The third-order valence-corrected chi connectivity index (χ3v) is 1.92. The predicted octanol–water partition coefficient (Wildman–Crippen LogP) is -2.19. The highest BCUT2D eigenvalue weighted by Crippen LogP contribution is 2.23. The van der Waals surface area contributed by atoms with E-state index in [4.69, 9.17) is 25.2 Å². The monoisotopic (exact) mass is 164 g/mol. The van der Waals surface area contributed by atoms with Crippen LogP contribution in [0.25, 0.3) is 0 Å². The summed E-state index contributed by atoms with van der Waals surface area (Å²) in [6, 6.07) is 0. The molecule has 0 unspecified atom stereocenters. The Balaban J connectivity index is 2.72. The average molecular weight is 164 g/mol. The number of aliphatic hydroxyl groups is 4. The molecule has 5 heteroatoms. The van der Waals surface area contributed by atoms with Gasteiger partial charge in [0.1, 0.15) is 18.3 Å². The van der Waals surface area contributed by atoms with Gasteiger partial charge in [-0.2, -0.15) is 0 Å². The number of ether oxygens (including phenoxy) is 1. The maximum absolute atomic E-state index is 9.10. The minimum Gasteiger partial charge on any atom is -0.388 e. The van der Waals surface area contributed by atoms with Gasteiger partial charge in [-0.25, -0.2) is 0 Å². The standard InChI is InChI=1S/C6H12O5/c1-3-6(9,10)5(8)4(7)2-11-3/h3-5,7-10H,2H2,1H3/t3-,4+,5-/m0/s1. The van der Waals surface area contributed by atoms with Crippen molar-refractivity contribution in [3.63, 3.8) is 0 Å². The van der Waals surface area contributed by atoms with Crippen LogP contribution in [0, 0.1) is 0 Å². The molecule has 1 heterocycles. The van der Waals surface area contributed by atoms with E-state index >= 15 is 0 Å². The number of aliphatic hydroxyl groups excluding tert-OH is 2. The van der Waals surface area contributed by atoms with Crippen molar-refractivity contribution in [2.75, 3.05) is 6.61 Å². The molecule has 0 spiro atoms. The van der Waals surface area contributed by atoms with Crippen molar-refractivity contribution in [1.29, 1.82) is 0 Å². The van der Waals surface area contributed by atoms with E-state index in [0.29, 0.717) is 0 Å². The zero-order valence-electron chi connectivity index (χ0n) is 6.14. The quantitative estimate of drug-likeness (QED) is 0.305. The number of rotatable bonds is 0. The molecule has 0 radical (unpaired) electrons. The molecule has 4 N–H and O–H groups in total. The van der Waals surface area contributed by atoms with E-state index in [2.05, 4.69) is 0 Å². The highest BCUT2D eigenvalue weighted by molar-refractivity contribution is 4.90. The first-order valence-corrected chi connectivity index (χ1v) is 3.38. The first-order valence-electron chi connectivity index (χ1n) is 3.38. The highest BCUT2D eigenvalue weighted by atomic mass is 16.6. The molecule has 0 amide bonds. The van der Waals surface area contributed by atoms with E-state index in [1.165, 1.54) is 6.92 Å². The number of hydrogen-bond donors (Lipinski definition) is 4. The van der Waals surface area contributed by atoms with Crippen molar-refractivity contribution in [2.45, 2.75) is 31.0 Å². The SMILES string of the molecule is C[C@@H]1OC[C@@H](O)[C@H](O)C1(O)O. The lowest BCUT2D eigenvalue weighted by Gasteiger charge is -2.39. The Bertz CT molecular complexity index is 146. The molecule has 0 aliphatic carbocycles. The summed E-state index contributed by atoms with van der Waals surface area (Å²) in [5.74, 6) is -2.35. The minimum absolute atomic E-state index is 0.0782. The van der Waals surface area contributed by atoms with E-state index in [1.54, 1.807) is 0 Å². The van der Waals surface area contributed by atoms with E-state index in [0.717, 1.165) is 0 Å². The lowest BCUT2D eigenvalue weighted by Crippen LogP contribution is -2.61. The molecule has 0 bridgehead atoms. The van der Waals surface area contributed by atoms with Crippen LogP contribution in [0.1, 0.15) is 6.92 Å². The Labute approximate surface area is 63.8 Å². The lowest BCUT2D eigenvalue weighted by atomic mass is 9.97. The van der Waals surface area contributed by atoms with E-state index in [-0.39, 0.29) is 6.61 Å². The molecule has 1 aliphatic heterocycles. The van der Waals surface area contributed by atoms with Crippen LogP contribution in [-0.2, 0) is 4.74 Å². The minimum atomic E-state index is -2.35. The van der Waals surface area contributed by atoms with Gasteiger partial charge in [0.2, 0.25) is 5.79 Å². The van der Waals surface area contributed by atoms with E-state index < -0.39 is 24.1 Å². The first kappa shape index (κ1) is 8.89. The van der Waals surface area contributed by atoms with Crippen molar-refractivity contribution >= 4 is 0 Å². The zero-order chi connectivity index (χ0) is 8.65. The Morgan fingerprint density at radius 3 is 2.36 bits per heavy atom. The van der Waals surface area contributed by atoms with Gasteiger partial charge in [0, 0.05) is 0 Å². The van der Waals surface area contributed by atoms with Crippen LogP contribution in [0.15, 0.2) is 0 Å². The summed E-state index contributed by atoms with van der Waals surface area (Å²) in [6.45, 7) is 1.33. The van der Waals surface area contributed by atoms with Gasteiger partial charge >= 0.3 is 0 Å². The summed E-state index contributed by atoms with van der Waals surface area (Å²) in [4.78, 5) is 0. The van der Waals surface area contributed by atoms with Gasteiger partial charge in [-0.15, -0.1) is 0 Å². The van der Waals surface area contributed by atoms with Gasteiger partial charge in [-0.3, -0.25) is 0 Å². The zero-order valence-corrected chi connectivity index (χ0v) is 6.14. The van der Waals surface area contributed by atoms with Gasteiger partial charge in [-0.05, 0) is 6.92 Å². The molecule has 1 rings (SSSR count). The first-order chi connectivity index (χ1) is 4.96. The summed E-state index contributed by atoms with van der Waals surface area (Å²) < 4.78 is 4.77. The van der Waals surface area contributed by atoms with Crippen molar-refractivity contribution < 1.29 is 25.2 Å². The van der Waals surface area contributed by atoms with Crippen molar-refractivity contribution in [1.82, 2.24) is 0 Å².